The Labute approximate surface area is 223 Å². The second kappa shape index (κ2) is 13.1. The number of para-hydroxylation sites is 1. The molecule has 1 saturated carbocycles. The summed E-state index contributed by atoms with van der Waals surface area (Å²) in [5, 5.41) is 13.7. The Morgan fingerprint density at radius 3 is 2.16 bits per heavy atom. The molecular weight excluding hydrogens is 486 g/mol. The molecule has 1 aliphatic rings. The molecule has 0 saturated heterocycles. The number of hydrogen-bond acceptors (Lipinski definition) is 5. The predicted molar refractivity (Wildman–Crippen MR) is 143 cm³/mol. The molecule has 0 heterocycles. The van der Waals surface area contributed by atoms with Crippen molar-refractivity contribution in [2.24, 2.45) is 11.3 Å². The molecule has 0 aliphatic heterocycles. The zero-order valence-electron chi connectivity index (χ0n) is 22.2. The molecule has 0 atom stereocenters. The standard InChI is InChI=1S/C29H37N3O6/c1-29(2,3)22-13-15-23(16-14-22)32(27(36)31-28(37)38-24-7-5-4-6-8-24)19-20-9-11-21(12-10-20)26(35)30-18-17-25(33)34/h4-12,22-23H,13-19H2,1-3H3,(H,30,35)(H,33,34)(H,31,36,37). The molecule has 0 aromatic heterocycles. The summed E-state index contributed by atoms with van der Waals surface area (Å²) in [6, 6.07) is 14.8. The molecule has 1 fully saturated rings. The van der Waals surface area contributed by atoms with Crippen molar-refractivity contribution >= 4 is 24.0 Å². The SMILES string of the molecule is CC(C)(C)C1CCC(N(Cc2ccc(C(=O)NCCC(=O)O)cc2)C(=O)NC(=O)Oc2ccccc2)CC1. The third kappa shape index (κ3) is 8.61. The van der Waals surface area contributed by atoms with E-state index >= 15 is 0 Å². The van der Waals surface area contributed by atoms with Crippen LogP contribution in [0.4, 0.5) is 9.59 Å². The van der Waals surface area contributed by atoms with Crippen LogP contribution in [0.25, 0.3) is 0 Å². The van der Waals surface area contributed by atoms with Gasteiger partial charge in [-0.3, -0.25) is 9.59 Å². The summed E-state index contributed by atoms with van der Waals surface area (Å²) in [6.45, 7) is 7.01. The Balaban J connectivity index is 1.69. The van der Waals surface area contributed by atoms with Gasteiger partial charge in [0.25, 0.3) is 5.91 Å². The summed E-state index contributed by atoms with van der Waals surface area (Å²) in [4.78, 5) is 50.3. The molecule has 2 aromatic carbocycles. The number of benzene rings is 2. The molecule has 3 rings (SSSR count). The lowest BCUT2D eigenvalue weighted by Crippen LogP contribution is -2.49. The molecule has 0 spiro atoms. The molecule has 0 radical (unpaired) electrons. The maximum atomic E-state index is 13.3. The van der Waals surface area contributed by atoms with E-state index in [-0.39, 0.29) is 36.9 Å². The van der Waals surface area contributed by atoms with Crippen molar-refractivity contribution in [1.82, 2.24) is 15.5 Å². The monoisotopic (exact) mass is 523 g/mol. The van der Waals surface area contributed by atoms with Crippen LogP contribution >= 0.6 is 0 Å². The van der Waals surface area contributed by atoms with Crippen LogP contribution in [0.15, 0.2) is 54.6 Å². The van der Waals surface area contributed by atoms with Gasteiger partial charge in [0.1, 0.15) is 5.75 Å². The minimum absolute atomic E-state index is 0.0419. The normalized spacial score (nSPS) is 17.2. The number of imide groups is 1. The maximum Gasteiger partial charge on any atom is 0.420 e. The second-order valence-electron chi connectivity index (χ2n) is 10.7. The molecule has 204 valence electrons. The van der Waals surface area contributed by atoms with Crippen molar-refractivity contribution in [2.45, 2.75) is 65.5 Å². The van der Waals surface area contributed by atoms with Gasteiger partial charge in [-0.1, -0.05) is 51.1 Å². The number of nitrogens with zero attached hydrogens (tertiary/aromatic N) is 1. The van der Waals surface area contributed by atoms with Crippen LogP contribution < -0.4 is 15.4 Å². The molecule has 38 heavy (non-hydrogen) atoms. The van der Waals surface area contributed by atoms with Crippen LogP contribution in [0.3, 0.4) is 0 Å². The first kappa shape index (κ1) is 28.7. The minimum Gasteiger partial charge on any atom is -0.481 e. The lowest BCUT2D eigenvalue weighted by molar-refractivity contribution is -0.136. The van der Waals surface area contributed by atoms with Gasteiger partial charge in [0.15, 0.2) is 0 Å². The summed E-state index contributed by atoms with van der Waals surface area (Å²) < 4.78 is 5.24. The molecule has 2 aromatic rings. The highest BCUT2D eigenvalue weighted by atomic mass is 16.6. The average Bonchev–Trinajstić information content (AvgIpc) is 2.87. The number of carbonyl (C=O) groups is 4. The van der Waals surface area contributed by atoms with Gasteiger partial charge in [0.2, 0.25) is 0 Å². The van der Waals surface area contributed by atoms with Crippen LogP contribution in [0.1, 0.15) is 68.8 Å². The zero-order chi connectivity index (χ0) is 27.7. The Hall–Kier alpha value is -3.88. The third-order valence-electron chi connectivity index (χ3n) is 6.98. The number of urea groups is 1. The number of aliphatic carboxylic acids is 1. The lowest BCUT2D eigenvalue weighted by Gasteiger charge is -2.41. The summed E-state index contributed by atoms with van der Waals surface area (Å²) in [5.74, 6) is -0.447. The van der Waals surface area contributed by atoms with E-state index in [1.54, 1.807) is 59.5 Å². The molecule has 1 aliphatic carbocycles. The number of carboxylic acid groups (broad SMARTS) is 1. The second-order valence-corrected chi connectivity index (χ2v) is 10.7. The highest BCUT2D eigenvalue weighted by Gasteiger charge is 2.34. The molecule has 3 N–H and O–H groups in total. The van der Waals surface area contributed by atoms with E-state index < -0.39 is 18.1 Å². The van der Waals surface area contributed by atoms with Gasteiger partial charge in [-0.25, -0.2) is 14.9 Å². The largest absolute Gasteiger partial charge is 0.481 e. The van der Waals surface area contributed by atoms with Crippen molar-refractivity contribution in [1.29, 1.82) is 0 Å². The van der Waals surface area contributed by atoms with E-state index in [2.05, 4.69) is 31.4 Å². The topological polar surface area (TPSA) is 125 Å². The molecular formula is C29H37N3O6. The lowest BCUT2D eigenvalue weighted by atomic mass is 9.71. The average molecular weight is 524 g/mol. The van der Waals surface area contributed by atoms with Gasteiger partial charge in [-0.2, -0.15) is 0 Å². The Morgan fingerprint density at radius 2 is 1.58 bits per heavy atom. The number of rotatable bonds is 8. The van der Waals surface area contributed by atoms with Gasteiger partial charge < -0.3 is 20.1 Å². The summed E-state index contributed by atoms with van der Waals surface area (Å²) in [6.07, 6.45) is 2.63. The summed E-state index contributed by atoms with van der Waals surface area (Å²) in [5.41, 5.74) is 1.39. The highest BCUT2D eigenvalue weighted by molar-refractivity contribution is 5.94. The number of hydrogen-bond donors (Lipinski definition) is 3. The van der Waals surface area contributed by atoms with Gasteiger partial charge in [-0.05, 0) is 66.8 Å². The fourth-order valence-electron chi connectivity index (χ4n) is 4.74. The van der Waals surface area contributed by atoms with Crippen LogP contribution in [0.5, 0.6) is 5.75 Å². The van der Waals surface area contributed by atoms with E-state index in [1.807, 2.05) is 0 Å². The molecule has 9 heteroatoms. The fraction of sp³-hybridized carbons (Fsp3) is 0.448. The first-order valence-corrected chi connectivity index (χ1v) is 13.0. The van der Waals surface area contributed by atoms with E-state index in [9.17, 15) is 19.2 Å². The van der Waals surface area contributed by atoms with E-state index in [1.165, 1.54) is 0 Å². The van der Waals surface area contributed by atoms with Gasteiger partial charge in [-0.15, -0.1) is 0 Å². The van der Waals surface area contributed by atoms with Crippen molar-refractivity contribution in [3.05, 3.63) is 65.7 Å². The number of nitrogens with one attached hydrogen (secondary N) is 2. The smallest absolute Gasteiger partial charge is 0.420 e. The zero-order valence-corrected chi connectivity index (χ0v) is 22.2. The van der Waals surface area contributed by atoms with E-state index in [0.717, 1.165) is 31.2 Å². The van der Waals surface area contributed by atoms with Gasteiger partial charge in [0.05, 0.1) is 6.42 Å². The Morgan fingerprint density at radius 1 is 0.947 bits per heavy atom. The van der Waals surface area contributed by atoms with Crippen molar-refractivity contribution in [3.8, 4) is 5.75 Å². The molecule has 0 unspecified atom stereocenters. The highest BCUT2D eigenvalue weighted by Crippen LogP contribution is 2.39. The molecule has 9 nitrogen and oxygen atoms in total. The Bertz CT molecular complexity index is 1100. The van der Waals surface area contributed by atoms with Crippen LogP contribution in [-0.4, -0.2) is 46.6 Å². The van der Waals surface area contributed by atoms with E-state index in [4.69, 9.17) is 9.84 Å². The quantitative estimate of drug-likeness (QED) is 0.436. The summed E-state index contributed by atoms with van der Waals surface area (Å²) in [7, 11) is 0. The van der Waals surface area contributed by atoms with Gasteiger partial charge in [0, 0.05) is 24.7 Å². The Kier molecular flexibility index (Phi) is 9.87. The number of ether oxygens (including phenoxy) is 1. The fourth-order valence-corrected chi connectivity index (χ4v) is 4.74. The third-order valence-corrected chi connectivity index (χ3v) is 6.98. The maximum absolute atomic E-state index is 13.3. The van der Waals surface area contributed by atoms with Crippen LogP contribution in [-0.2, 0) is 11.3 Å². The number of amides is 4. The number of carbonyl (C=O) groups excluding carboxylic acids is 3. The van der Waals surface area contributed by atoms with E-state index in [0.29, 0.717) is 17.2 Å². The van der Waals surface area contributed by atoms with Crippen LogP contribution in [0, 0.1) is 11.3 Å². The molecule has 4 amide bonds. The minimum atomic E-state index is -0.983. The first-order valence-electron chi connectivity index (χ1n) is 13.0. The number of carboxylic acids is 1. The first-order chi connectivity index (χ1) is 18.0. The van der Waals surface area contributed by atoms with Crippen molar-refractivity contribution in [3.63, 3.8) is 0 Å². The summed E-state index contributed by atoms with van der Waals surface area (Å²) >= 11 is 0. The van der Waals surface area contributed by atoms with Crippen molar-refractivity contribution < 1.29 is 29.0 Å². The van der Waals surface area contributed by atoms with Gasteiger partial charge >= 0.3 is 18.1 Å². The molecule has 0 bridgehead atoms. The van der Waals surface area contributed by atoms with Crippen LogP contribution in [0.2, 0.25) is 0 Å². The van der Waals surface area contributed by atoms with Crippen molar-refractivity contribution in [2.75, 3.05) is 6.54 Å². The predicted octanol–water partition coefficient (Wildman–Crippen LogP) is 5.21.